The predicted octanol–water partition coefficient (Wildman–Crippen LogP) is 3.86. The second-order valence-electron chi connectivity index (χ2n) is 5.30. The molecule has 0 spiro atoms. The molecular weight excluding hydrogens is 234 g/mol. The summed E-state index contributed by atoms with van der Waals surface area (Å²) < 4.78 is 0. The maximum Gasteiger partial charge on any atom is 0.135 e. The van der Waals surface area contributed by atoms with Crippen LogP contribution in [0, 0.1) is 5.41 Å². The molecule has 4 heteroatoms. The molecule has 0 bridgehead atoms. The second-order valence-corrected chi connectivity index (χ2v) is 5.68. The first-order valence-electron chi connectivity index (χ1n) is 6.33. The van der Waals surface area contributed by atoms with Crippen LogP contribution in [-0.4, -0.2) is 16.5 Å². The van der Waals surface area contributed by atoms with E-state index < -0.39 is 0 Å². The van der Waals surface area contributed by atoms with Gasteiger partial charge in [0.2, 0.25) is 0 Å². The highest BCUT2D eigenvalue weighted by Crippen LogP contribution is 2.48. The van der Waals surface area contributed by atoms with Crippen molar-refractivity contribution < 1.29 is 0 Å². The molecule has 0 amide bonds. The smallest absolute Gasteiger partial charge is 0.135 e. The molecule has 0 aliphatic heterocycles. The molecular formula is C13H20ClN3. The summed E-state index contributed by atoms with van der Waals surface area (Å²) in [5.74, 6) is 1.96. The van der Waals surface area contributed by atoms with Crippen molar-refractivity contribution in [1.29, 1.82) is 0 Å². The molecule has 1 fully saturated rings. The van der Waals surface area contributed by atoms with Gasteiger partial charge in [0.05, 0.1) is 0 Å². The third kappa shape index (κ3) is 3.09. The number of nitrogens with one attached hydrogen (secondary N) is 1. The molecule has 94 valence electrons. The molecule has 0 saturated heterocycles. The third-order valence-corrected chi connectivity index (χ3v) is 3.77. The van der Waals surface area contributed by atoms with Gasteiger partial charge in [0, 0.05) is 18.5 Å². The zero-order valence-corrected chi connectivity index (χ0v) is 11.5. The van der Waals surface area contributed by atoms with Gasteiger partial charge < -0.3 is 5.32 Å². The minimum atomic E-state index is 0.301. The van der Waals surface area contributed by atoms with E-state index in [0.717, 1.165) is 18.2 Å². The Balaban J connectivity index is 2.05. The van der Waals surface area contributed by atoms with Gasteiger partial charge in [0.15, 0.2) is 0 Å². The Bertz CT molecular complexity index is 400. The van der Waals surface area contributed by atoms with E-state index in [2.05, 4.69) is 36.1 Å². The molecule has 0 unspecified atom stereocenters. The number of aromatic nitrogens is 2. The lowest BCUT2D eigenvalue weighted by Gasteiger charge is -2.15. The number of halogens is 1. The van der Waals surface area contributed by atoms with Gasteiger partial charge in [-0.25, -0.2) is 9.97 Å². The quantitative estimate of drug-likeness (QED) is 0.810. The van der Waals surface area contributed by atoms with E-state index in [1.54, 1.807) is 6.07 Å². The first-order valence-corrected chi connectivity index (χ1v) is 6.71. The van der Waals surface area contributed by atoms with E-state index in [0.29, 0.717) is 16.5 Å². The van der Waals surface area contributed by atoms with Crippen LogP contribution in [0.5, 0.6) is 0 Å². The molecule has 1 aromatic rings. The minimum absolute atomic E-state index is 0.301. The normalized spacial score (nSPS) is 17.2. The molecule has 1 aromatic heterocycles. The predicted molar refractivity (Wildman–Crippen MR) is 71.6 cm³/mol. The van der Waals surface area contributed by atoms with Crippen molar-refractivity contribution in [3.63, 3.8) is 0 Å². The fourth-order valence-corrected chi connectivity index (χ4v) is 2.08. The first kappa shape index (κ1) is 12.6. The summed E-state index contributed by atoms with van der Waals surface area (Å²) in [6, 6.07) is 1.80. The molecule has 2 rings (SSSR count). The van der Waals surface area contributed by atoms with Crippen LogP contribution in [0.1, 0.15) is 51.8 Å². The summed E-state index contributed by atoms with van der Waals surface area (Å²) in [5, 5.41) is 3.92. The van der Waals surface area contributed by atoms with E-state index in [4.69, 9.17) is 11.6 Å². The van der Waals surface area contributed by atoms with Gasteiger partial charge in [-0.3, -0.25) is 0 Å². The van der Waals surface area contributed by atoms with Crippen LogP contribution >= 0.6 is 11.6 Å². The number of nitrogens with zero attached hydrogens (tertiary/aromatic N) is 2. The maximum absolute atomic E-state index is 6.00. The van der Waals surface area contributed by atoms with E-state index in [9.17, 15) is 0 Å². The summed E-state index contributed by atoms with van der Waals surface area (Å²) >= 11 is 6.00. The van der Waals surface area contributed by atoms with Crippen molar-refractivity contribution in [1.82, 2.24) is 9.97 Å². The van der Waals surface area contributed by atoms with E-state index in [1.807, 2.05) is 0 Å². The molecule has 1 aliphatic rings. The zero-order chi connectivity index (χ0) is 12.5. The monoisotopic (exact) mass is 253 g/mol. The minimum Gasteiger partial charge on any atom is -0.369 e. The van der Waals surface area contributed by atoms with Crippen molar-refractivity contribution in [3.8, 4) is 0 Å². The van der Waals surface area contributed by atoms with Crippen molar-refractivity contribution in [2.75, 3.05) is 11.9 Å². The Labute approximate surface area is 108 Å². The lowest BCUT2D eigenvalue weighted by Crippen LogP contribution is -2.16. The highest BCUT2D eigenvalue weighted by atomic mass is 35.5. The summed E-state index contributed by atoms with van der Waals surface area (Å²) in [5.41, 5.74) is 0.509. The van der Waals surface area contributed by atoms with Gasteiger partial charge in [-0.2, -0.15) is 0 Å². The standard InChI is InChI=1S/C13H20ClN3/c1-4-13(5-6-13)8-15-11-7-10(14)16-12(17-11)9(2)3/h7,9H,4-6,8H2,1-3H3,(H,15,16,17). The Morgan fingerprint density at radius 1 is 1.41 bits per heavy atom. The highest BCUT2D eigenvalue weighted by Gasteiger charge is 2.40. The van der Waals surface area contributed by atoms with Gasteiger partial charge in [-0.15, -0.1) is 0 Å². The van der Waals surface area contributed by atoms with Crippen LogP contribution in [0.15, 0.2) is 6.07 Å². The Morgan fingerprint density at radius 2 is 2.12 bits per heavy atom. The molecule has 1 heterocycles. The fraction of sp³-hybridized carbons (Fsp3) is 0.692. The van der Waals surface area contributed by atoms with E-state index in [-0.39, 0.29) is 0 Å². The zero-order valence-electron chi connectivity index (χ0n) is 10.8. The Hall–Kier alpha value is -0.830. The molecule has 1 saturated carbocycles. The lowest BCUT2D eigenvalue weighted by atomic mass is 10.0. The van der Waals surface area contributed by atoms with Crippen LogP contribution in [0.2, 0.25) is 5.15 Å². The maximum atomic E-state index is 6.00. The van der Waals surface area contributed by atoms with Crippen LogP contribution < -0.4 is 5.32 Å². The molecule has 3 nitrogen and oxygen atoms in total. The summed E-state index contributed by atoms with van der Waals surface area (Å²) in [7, 11) is 0. The van der Waals surface area contributed by atoms with Gasteiger partial charge in [0.25, 0.3) is 0 Å². The van der Waals surface area contributed by atoms with Crippen LogP contribution in [0.4, 0.5) is 5.82 Å². The molecule has 0 radical (unpaired) electrons. The molecule has 1 N–H and O–H groups in total. The molecule has 0 aromatic carbocycles. The van der Waals surface area contributed by atoms with E-state index in [1.165, 1.54) is 19.3 Å². The van der Waals surface area contributed by atoms with Gasteiger partial charge in [-0.05, 0) is 24.7 Å². The summed E-state index contributed by atoms with van der Waals surface area (Å²) in [4.78, 5) is 8.72. The van der Waals surface area contributed by atoms with Crippen molar-refractivity contribution in [2.24, 2.45) is 5.41 Å². The van der Waals surface area contributed by atoms with Gasteiger partial charge >= 0.3 is 0 Å². The van der Waals surface area contributed by atoms with Crippen LogP contribution in [0.3, 0.4) is 0 Å². The van der Waals surface area contributed by atoms with Crippen LogP contribution in [-0.2, 0) is 0 Å². The van der Waals surface area contributed by atoms with Crippen LogP contribution in [0.25, 0.3) is 0 Å². The van der Waals surface area contributed by atoms with Gasteiger partial charge in [-0.1, -0.05) is 32.4 Å². The largest absolute Gasteiger partial charge is 0.369 e. The first-order chi connectivity index (χ1) is 8.04. The molecule has 1 aliphatic carbocycles. The average Bonchev–Trinajstić information content (AvgIpc) is 3.06. The number of anilines is 1. The highest BCUT2D eigenvalue weighted by molar-refractivity contribution is 6.29. The Morgan fingerprint density at radius 3 is 2.65 bits per heavy atom. The summed E-state index contributed by atoms with van der Waals surface area (Å²) in [6.45, 7) is 7.39. The molecule has 17 heavy (non-hydrogen) atoms. The lowest BCUT2D eigenvalue weighted by molar-refractivity contribution is 0.520. The molecule has 0 atom stereocenters. The average molecular weight is 254 g/mol. The number of rotatable bonds is 5. The second kappa shape index (κ2) is 4.81. The SMILES string of the molecule is CCC1(CNc2cc(Cl)nc(C(C)C)n2)CC1. The number of hydrogen-bond donors (Lipinski definition) is 1. The summed E-state index contributed by atoms with van der Waals surface area (Å²) in [6.07, 6.45) is 3.88. The van der Waals surface area contributed by atoms with Crippen molar-refractivity contribution in [3.05, 3.63) is 17.0 Å². The Kier molecular flexibility index (Phi) is 3.57. The topological polar surface area (TPSA) is 37.8 Å². The van der Waals surface area contributed by atoms with E-state index >= 15 is 0 Å². The fourth-order valence-electron chi connectivity index (χ4n) is 1.89. The van der Waals surface area contributed by atoms with Crippen molar-refractivity contribution >= 4 is 17.4 Å². The van der Waals surface area contributed by atoms with Crippen molar-refractivity contribution in [2.45, 2.75) is 46.0 Å². The number of hydrogen-bond acceptors (Lipinski definition) is 3. The third-order valence-electron chi connectivity index (χ3n) is 3.58. The van der Waals surface area contributed by atoms with Gasteiger partial charge in [0.1, 0.15) is 16.8 Å².